The van der Waals surface area contributed by atoms with E-state index in [2.05, 4.69) is 11.6 Å². The lowest BCUT2D eigenvalue weighted by molar-refractivity contribution is -0.127. The number of aromatic hydroxyl groups is 1. The molecule has 0 fully saturated rings. The van der Waals surface area contributed by atoms with E-state index >= 15 is 0 Å². The molecule has 0 aliphatic heterocycles. The van der Waals surface area contributed by atoms with E-state index in [9.17, 15) is 14.7 Å². The second-order valence-corrected chi connectivity index (χ2v) is 6.86. The Kier molecular flexibility index (Phi) is 7.67. The van der Waals surface area contributed by atoms with Crippen LogP contribution >= 0.6 is 11.8 Å². The predicted molar refractivity (Wildman–Crippen MR) is 108 cm³/mol. The van der Waals surface area contributed by atoms with Crippen LogP contribution in [0.25, 0.3) is 0 Å². The number of carbonyl (C=O) groups is 1. The third-order valence-corrected chi connectivity index (χ3v) is 5.14. The van der Waals surface area contributed by atoms with Crippen LogP contribution in [0.4, 0.5) is 0 Å². The Morgan fingerprint density at radius 2 is 1.96 bits per heavy atom. The van der Waals surface area contributed by atoms with Gasteiger partial charge in [0.25, 0.3) is 5.56 Å². The summed E-state index contributed by atoms with van der Waals surface area (Å²) in [6.07, 6.45) is 1.89. The second-order valence-electron chi connectivity index (χ2n) is 5.92. The fourth-order valence-corrected chi connectivity index (χ4v) is 3.61. The molecule has 6 nitrogen and oxygen atoms in total. The van der Waals surface area contributed by atoms with E-state index in [0.717, 1.165) is 17.3 Å². The Morgan fingerprint density at radius 1 is 1.30 bits per heavy atom. The number of thioether (sulfide) groups is 1. The topological polar surface area (TPSA) is 75.4 Å². The Hall–Kier alpha value is -2.54. The smallest absolute Gasteiger partial charge is 0.261 e. The summed E-state index contributed by atoms with van der Waals surface area (Å²) in [5, 5.41) is 10.6. The van der Waals surface area contributed by atoms with Gasteiger partial charge in [-0.15, -0.1) is 6.58 Å². The lowest BCUT2D eigenvalue weighted by atomic mass is 10.1. The molecule has 0 spiro atoms. The average Bonchev–Trinajstić information content (AvgIpc) is 2.68. The van der Waals surface area contributed by atoms with Crippen molar-refractivity contribution in [3.05, 3.63) is 64.5 Å². The van der Waals surface area contributed by atoms with Crippen LogP contribution in [0.15, 0.2) is 52.9 Å². The highest BCUT2D eigenvalue weighted by atomic mass is 32.2. The zero-order valence-corrected chi connectivity index (χ0v) is 16.5. The fraction of sp³-hybridized carbons (Fsp3) is 0.350. The van der Waals surface area contributed by atoms with Crippen LogP contribution in [0.2, 0.25) is 0 Å². The number of allylic oxidation sites excluding steroid dienone is 1. The normalized spacial score (nSPS) is 10.6. The van der Waals surface area contributed by atoms with Crippen LogP contribution < -0.4 is 5.56 Å². The van der Waals surface area contributed by atoms with Crippen LogP contribution in [-0.2, 0) is 17.8 Å². The molecule has 27 heavy (non-hydrogen) atoms. The first-order valence-corrected chi connectivity index (χ1v) is 9.88. The molecule has 1 amide bonds. The molecule has 0 aliphatic carbocycles. The monoisotopic (exact) mass is 387 g/mol. The van der Waals surface area contributed by atoms with Crippen molar-refractivity contribution in [3.8, 4) is 5.88 Å². The maximum atomic E-state index is 12.9. The number of hydrogen-bond donors (Lipinski definition) is 1. The molecule has 144 valence electrons. The molecule has 7 heteroatoms. The summed E-state index contributed by atoms with van der Waals surface area (Å²) in [5.74, 6) is -0.165. The minimum absolute atomic E-state index is 0.0303. The number of benzene rings is 1. The van der Waals surface area contributed by atoms with E-state index in [1.165, 1.54) is 4.57 Å². The molecule has 0 bridgehead atoms. The van der Waals surface area contributed by atoms with Gasteiger partial charge in [0.15, 0.2) is 5.16 Å². The van der Waals surface area contributed by atoms with Gasteiger partial charge in [-0.05, 0) is 19.4 Å². The van der Waals surface area contributed by atoms with Crippen molar-refractivity contribution in [3.63, 3.8) is 0 Å². The van der Waals surface area contributed by atoms with Gasteiger partial charge in [0.1, 0.15) is 0 Å². The molecule has 0 radical (unpaired) electrons. The number of carbonyl (C=O) groups excluding carboxylic acids is 1. The fourth-order valence-electron chi connectivity index (χ4n) is 2.71. The lowest BCUT2D eigenvalue weighted by Crippen LogP contribution is -2.32. The van der Waals surface area contributed by atoms with Crippen molar-refractivity contribution >= 4 is 17.7 Å². The van der Waals surface area contributed by atoms with Gasteiger partial charge in [0.2, 0.25) is 11.8 Å². The van der Waals surface area contributed by atoms with Crippen LogP contribution in [0.5, 0.6) is 5.88 Å². The van der Waals surface area contributed by atoms with Gasteiger partial charge in [-0.25, -0.2) is 0 Å². The summed E-state index contributed by atoms with van der Waals surface area (Å²) < 4.78 is 1.45. The van der Waals surface area contributed by atoms with Crippen molar-refractivity contribution < 1.29 is 9.90 Å². The minimum Gasteiger partial charge on any atom is -0.493 e. The van der Waals surface area contributed by atoms with E-state index in [1.807, 2.05) is 44.2 Å². The van der Waals surface area contributed by atoms with Gasteiger partial charge in [-0.1, -0.05) is 48.2 Å². The summed E-state index contributed by atoms with van der Waals surface area (Å²) in [6.45, 7) is 9.05. The summed E-state index contributed by atoms with van der Waals surface area (Å²) >= 11 is 1.15. The summed E-state index contributed by atoms with van der Waals surface area (Å²) in [5.41, 5.74) is 0.834. The minimum atomic E-state index is -0.316. The van der Waals surface area contributed by atoms with E-state index in [1.54, 1.807) is 11.0 Å². The van der Waals surface area contributed by atoms with Crippen LogP contribution in [0.1, 0.15) is 25.0 Å². The van der Waals surface area contributed by atoms with Crippen molar-refractivity contribution in [1.82, 2.24) is 14.5 Å². The molecule has 0 atom stereocenters. The molecular formula is C20H25N3O3S. The standard InChI is InChI=1S/C20H25N3O3S/c1-4-12-23-19(26)16(13-15-10-8-7-9-11-15)18(25)21-20(23)27-14-17(24)22(5-2)6-3/h4,7-11,25H,1,5-6,12-14H2,2-3H3. The Morgan fingerprint density at radius 3 is 2.56 bits per heavy atom. The molecule has 2 rings (SSSR count). The van der Waals surface area contributed by atoms with Gasteiger partial charge in [0, 0.05) is 26.1 Å². The maximum absolute atomic E-state index is 12.9. The highest BCUT2D eigenvalue weighted by Gasteiger charge is 2.18. The number of aromatic nitrogens is 2. The van der Waals surface area contributed by atoms with Crippen LogP contribution in [-0.4, -0.2) is 44.3 Å². The Labute approximate surface area is 163 Å². The molecule has 1 heterocycles. The largest absolute Gasteiger partial charge is 0.493 e. The van der Waals surface area contributed by atoms with Gasteiger partial charge < -0.3 is 10.0 Å². The van der Waals surface area contributed by atoms with Crippen molar-refractivity contribution in [1.29, 1.82) is 0 Å². The maximum Gasteiger partial charge on any atom is 0.261 e. The van der Waals surface area contributed by atoms with Gasteiger partial charge >= 0.3 is 0 Å². The molecular weight excluding hydrogens is 362 g/mol. The van der Waals surface area contributed by atoms with Crippen LogP contribution in [0, 0.1) is 0 Å². The summed E-state index contributed by atoms with van der Waals surface area (Å²) in [7, 11) is 0. The molecule has 1 N–H and O–H groups in total. The lowest BCUT2D eigenvalue weighted by Gasteiger charge is -2.19. The number of hydrogen-bond acceptors (Lipinski definition) is 5. The molecule has 1 aromatic carbocycles. The Balaban J connectivity index is 2.32. The zero-order chi connectivity index (χ0) is 19.8. The zero-order valence-electron chi connectivity index (χ0n) is 15.7. The number of amides is 1. The first-order chi connectivity index (χ1) is 13.0. The van der Waals surface area contributed by atoms with Gasteiger partial charge in [-0.2, -0.15) is 4.98 Å². The first-order valence-electron chi connectivity index (χ1n) is 8.89. The average molecular weight is 388 g/mol. The van der Waals surface area contributed by atoms with E-state index in [0.29, 0.717) is 24.7 Å². The third kappa shape index (κ3) is 5.23. The van der Waals surface area contributed by atoms with Crippen molar-refractivity contribution in [2.45, 2.75) is 32.0 Å². The highest BCUT2D eigenvalue weighted by Crippen LogP contribution is 2.21. The van der Waals surface area contributed by atoms with Crippen LogP contribution in [0.3, 0.4) is 0 Å². The van der Waals surface area contributed by atoms with Gasteiger partial charge in [0.05, 0.1) is 11.3 Å². The SMILES string of the molecule is C=CCn1c(SCC(=O)N(CC)CC)nc(O)c(Cc2ccccc2)c1=O. The molecule has 1 aromatic heterocycles. The van der Waals surface area contributed by atoms with E-state index in [-0.39, 0.29) is 35.2 Å². The number of rotatable bonds is 9. The van der Waals surface area contributed by atoms with Gasteiger partial charge in [-0.3, -0.25) is 14.2 Å². The van der Waals surface area contributed by atoms with Crippen molar-refractivity contribution in [2.24, 2.45) is 0 Å². The van der Waals surface area contributed by atoms with E-state index in [4.69, 9.17) is 0 Å². The first kappa shape index (κ1) is 20.8. The summed E-state index contributed by atoms with van der Waals surface area (Å²) in [4.78, 5) is 31.0. The van der Waals surface area contributed by atoms with Crippen molar-refractivity contribution in [2.75, 3.05) is 18.8 Å². The quantitative estimate of drug-likeness (QED) is 0.407. The van der Waals surface area contributed by atoms with E-state index < -0.39 is 0 Å². The summed E-state index contributed by atoms with van der Waals surface area (Å²) in [6, 6.07) is 9.44. The molecule has 0 aliphatic rings. The second kappa shape index (κ2) is 9.97. The molecule has 2 aromatic rings. The predicted octanol–water partition coefficient (Wildman–Crippen LogP) is 2.69. The highest BCUT2D eigenvalue weighted by molar-refractivity contribution is 7.99. The third-order valence-electron chi connectivity index (χ3n) is 4.18. The Bertz CT molecular complexity index is 846. The molecule has 0 saturated heterocycles. The molecule has 0 unspecified atom stereocenters. The molecule has 0 saturated carbocycles. The number of nitrogens with zero attached hydrogens (tertiary/aromatic N) is 3.